The summed E-state index contributed by atoms with van der Waals surface area (Å²) < 4.78 is 1.51. The SMILES string of the molecule is CN1CCN(CCN(C)CC(CC(=O)Nc2ccc(Cl)cc2)NC(=O)c2ccc(-n3ccccc3=O)cc2)CC1. The zero-order chi connectivity index (χ0) is 28.5. The number of pyridine rings is 1. The third-order valence-corrected chi connectivity index (χ3v) is 7.30. The molecule has 4 rings (SSSR count). The van der Waals surface area contributed by atoms with E-state index < -0.39 is 6.04 Å². The minimum atomic E-state index is -0.409. The molecule has 212 valence electrons. The Morgan fingerprint density at radius 1 is 0.975 bits per heavy atom. The summed E-state index contributed by atoms with van der Waals surface area (Å²) >= 11 is 5.96. The van der Waals surface area contributed by atoms with E-state index in [1.807, 2.05) is 7.05 Å². The second-order valence-corrected chi connectivity index (χ2v) is 10.7. The molecule has 1 atom stereocenters. The zero-order valence-corrected chi connectivity index (χ0v) is 23.8. The maximum atomic E-state index is 13.2. The molecule has 40 heavy (non-hydrogen) atoms. The molecular weight excluding hydrogens is 528 g/mol. The van der Waals surface area contributed by atoms with Gasteiger partial charge in [0.2, 0.25) is 5.91 Å². The molecule has 1 aliphatic heterocycles. The van der Waals surface area contributed by atoms with Gasteiger partial charge in [-0.05, 0) is 68.7 Å². The van der Waals surface area contributed by atoms with E-state index in [0.29, 0.717) is 28.5 Å². The Balaban J connectivity index is 1.40. The molecule has 10 heteroatoms. The van der Waals surface area contributed by atoms with Gasteiger partial charge in [-0.3, -0.25) is 23.9 Å². The van der Waals surface area contributed by atoms with Gasteiger partial charge in [0.1, 0.15) is 0 Å². The summed E-state index contributed by atoms with van der Waals surface area (Å²) in [6.45, 7) is 6.48. The summed E-state index contributed by atoms with van der Waals surface area (Å²) in [5.74, 6) is -0.470. The number of amides is 2. The van der Waals surface area contributed by atoms with Gasteiger partial charge < -0.3 is 20.4 Å². The Labute approximate surface area is 240 Å². The number of anilines is 1. The fourth-order valence-corrected chi connectivity index (χ4v) is 4.79. The number of nitrogens with one attached hydrogen (secondary N) is 2. The van der Waals surface area contributed by atoms with Crippen LogP contribution in [0.15, 0.2) is 77.7 Å². The van der Waals surface area contributed by atoms with Crippen LogP contribution in [0.1, 0.15) is 16.8 Å². The molecule has 1 aliphatic rings. The van der Waals surface area contributed by atoms with Gasteiger partial charge in [-0.15, -0.1) is 0 Å². The number of carbonyl (C=O) groups excluding carboxylic acids is 2. The molecule has 1 fully saturated rings. The van der Waals surface area contributed by atoms with Gasteiger partial charge >= 0.3 is 0 Å². The van der Waals surface area contributed by atoms with Gasteiger partial charge in [-0.25, -0.2) is 0 Å². The molecule has 2 amide bonds. The molecule has 2 heterocycles. The quantitative estimate of drug-likeness (QED) is 0.372. The Hall–Kier alpha value is -3.50. The van der Waals surface area contributed by atoms with Crippen LogP contribution in [0.2, 0.25) is 5.02 Å². The van der Waals surface area contributed by atoms with Gasteiger partial charge in [0.15, 0.2) is 0 Å². The molecule has 1 unspecified atom stereocenters. The highest BCUT2D eigenvalue weighted by molar-refractivity contribution is 6.30. The minimum absolute atomic E-state index is 0.116. The molecule has 3 aromatic rings. The molecule has 0 bridgehead atoms. The fourth-order valence-electron chi connectivity index (χ4n) is 4.66. The van der Waals surface area contributed by atoms with Crippen molar-refractivity contribution < 1.29 is 9.59 Å². The summed E-state index contributed by atoms with van der Waals surface area (Å²) in [4.78, 5) is 45.2. The molecule has 9 nitrogen and oxygen atoms in total. The molecule has 0 saturated carbocycles. The van der Waals surface area contributed by atoms with E-state index in [1.54, 1.807) is 66.9 Å². The molecule has 0 spiro atoms. The van der Waals surface area contributed by atoms with Crippen molar-refractivity contribution in [2.45, 2.75) is 12.5 Å². The first-order chi connectivity index (χ1) is 19.3. The van der Waals surface area contributed by atoms with E-state index in [0.717, 1.165) is 39.3 Å². The summed E-state index contributed by atoms with van der Waals surface area (Å²) in [5, 5.41) is 6.54. The standard InChI is InChI=1S/C30H37ClN6O3/c1-34-15-18-36(19-16-34)20-17-35(2)22-26(21-28(38)32-25-10-8-24(31)9-11-25)33-30(40)23-6-12-27(13-7-23)37-14-4-3-5-29(37)39/h3-14,26H,15-22H2,1-2H3,(H,32,38)(H,33,40). The van der Waals surface area contributed by atoms with E-state index in [-0.39, 0.29) is 23.8 Å². The first-order valence-corrected chi connectivity index (χ1v) is 13.9. The van der Waals surface area contributed by atoms with Crippen LogP contribution in [0.5, 0.6) is 0 Å². The van der Waals surface area contributed by atoms with E-state index in [4.69, 9.17) is 11.6 Å². The van der Waals surface area contributed by atoms with Crippen LogP contribution in [0, 0.1) is 0 Å². The summed E-state index contributed by atoms with van der Waals surface area (Å²) in [7, 11) is 4.15. The average molecular weight is 565 g/mol. The summed E-state index contributed by atoms with van der Waals surface area (Å²) in [6.07, 6.45) is 1.80. The molecule has 0 radical (unpaired) electrons. The van der Waals surface area contributed by atoms with Crippen molar-refractivity contribution in [3.8, 4) is 5.69 Å². The fraction of sp³-hybridized carbons (Fsp3) is 0.367. The zero-order valence-electron chi connectivity index (χ0n) is 23.1. The Bertz CT molecular complexity index is 1320. The maximum Gasteiger partial charge on any atom is 0.255 e. The van der Waals surface area contributed by atoms with Crippen molar-refractivity contribution in [1.82, 2.24) is 24.6 Å². The lowest BCUT2D eigenvalue weighted by molar-refractivity contribution is -0.116. The number of hydrogen-bond acceptors (Lipinski definition) is 6. The van der Waals surface area contributed by atoms with Crippen molar-refractivity contribution in [2.75, 3.05) is 65.2 Å². The van der Waals surface area contributed by atoms with Crippen LogP contribution in [-0.4, -0.2) is 97.0 Å². The molecule has 1 aromatic heterocycles. The van der Waals surface area contributed by atoms with Crippen molar-refractivity contribution in [3.63, 3.8) is 0 Å². The average Bonchev–Trinajstić information content (AvgIpc) is 2.94. The third-order valence-electron chi connectivity index (χ3n) is 7.05. The predicted octanol–water partition coefficient (Wildman–Crippen LogP) is 2.80. The number of hydrogen-bond donors (Lipinski definition) is 2. The normalized spacial score (nSPS) is 15.1. The third kappa shape index (κ3) is 8.76. The highest BCUT2D eigenvalue weighted by Gasteiger charge is 2.21. The largest absolute Gasteiger partial charge is 0.347 e. The number of benzene rings is 2. The Kier molecular flexibility index (Phi) is 10.5. The van der Waals surface area contributed by atoms with Crippen molar-refractivity contribution >= 4 is 29.1 Å². The number of carbonyl (C=O) groups is 2. The lowest BCUT2D eigenvalue weighted by Crippen LogP contribution is -2.48. The monoisotopic (exact) mass is 564 g/mol. The van der Waals surface area contributed by atoms with Crippen LogP contribution in [0.25, 0.3) is 5.69 Å². The van der Waals surface area contributed by atoms with Crippen LogP contribution < -0.4 is 16.2 Å². The second-order valence-electron chi connectivity index (χ2n) is 10.3. The number of likely N-dealkylation sites (N-methyl/N-ethyl adjacent to an activating group) is 2. The number of aromatic nitrogens is 1. The smallest absolute Gasteiger partial charge is 0.255 e. The van der Waals surface area contributed by atoms with Crippen LogP contribution >= 0.6 is 11.6 Å². The first kappa shape index (κ1) is 29.5. The predicted molar refractivity (Wildman–Crippen MR) is 159 cm³/mol. The van der Waals surface area contributed by atoms with Crippen molar-refractivity contribution in [3.05, 3.63) is 93.9 Å². The van der Waals surface area contributed by atoms with Crippen LogP contribution in [0.4, 0.5) is 5.69 Å². The Morgan fingerprint density at radius 3 is 2.35 bits per heavy atom. The first-order valence-electron chi connectivity index (χ1n) is 13.5. The van der Waals surface area contributed by atoms with Gasteiger partial charge in [0, 0.05) is 86.5 Å². The van der Waals surface area contributed by atoms with Gasteiger partial charge in [-0.1, -0.05) is 17.7 Å². The molecule has 2 N–H and O–H groups in total. The Morgan fingerprint density at radius 2 is 1.68 bits per heavy atom. The van der Waals surface area contributed by atoms with Gasteiger partial charge in [0.25, 0.3) is 11.5 Å². The van der Waals surface area contributed by atoms with Crippen LogP contribution in [-0.2, 0) is 4.79 Å². The molecular formula is C30H37ClN6O3. The van der Waals surface area contributed by atoms with E-state index >= 15 is 0 Å². The van der Waals surface area contributed by atoms with Gasteiger partial charge in [0.05, 0.1) is 6.04 Å². The van der Waals surface area contributed by atoms with Crippen LogP contribution in [0.3, 0.4) is 0 Å². The number of nitrogens with zero attached hydrogens (tertiary/aromatic N) is 4. The highest BCUT2D eigenvalue weighted by Crippen LogP contribution is 2.14. The lowest BCUT2D eigenvalue weighted by atomic mass is 10.1. The number of halogens is 1. The second kappa shape index (κ2) is 14.2. The topological polar surface area (TPSA) is 89.9 Å². The number of rotatable bonds is 11. The lowest BCUT2D eigenvalue weighted by Gasteiger charge is -2.33. The molecule has 1 saturated heterocycles. The molecule has 0 aliphatic carbocycles. The van der Waals surface area contributed by atoms with Gasteiger partial charge in [-0.2, -0.15) is 0 Å². The van der Waals surface area contributed by atoms with E-state index in [2.05, 4.69) is 32.4 Å². The summed E-state index contributed by atoms with van der Waals surface area (Å²) in [6, 6.07) is 18.3. The maximum absolute atomic E-state index is 13.2. The van der Waals surface area contributed by atoms with Crippen molar-refractivity contribution in [1.29, 1.82) is 0 Å². The van der Waals surface area contributed by atoms with E-state index in [1.165, 1.54) is 10.6 Å². The van der Waals surface area contributed by atoms with E-state index in [9.17, 15) is 14.4 Å². The highest BCUT2D eigenvalue weighted by atomic mass is 35.5. The van der Waals surface area contributed by atoms with Crippen molar-refractivity contribution in [2.24, 2.45) is 0 Å². The molecule has 2 aromatic carbocycles. The minimum Gasteiger partial charge on any atom is -0.347 e. The number of piperazine rings is 1. The summed E-state index contributed by atoms with van der Waals surface area (Å²) in [5.41, 5.74) is 1.63.